The maximum absolute atomic E-state index is 11.8. The number of aromatic nitrogens is 3. The molecule has 1 heterocycles. The lowest BCUT2D eigenvalue weighted by atomic mass is 10.2. The monoisotopic (exact) mass is 271 g/mol. The van der Waals surface area contributed by atoms with Crippen molar-refractivity contribution in [1.29, 1.82) is 0 Å². The van der Waals surface area contributed by atoms with E-state index in [1.807, 2.05) is 0 Å². The largest absolute Gasteiger partial charge is 0.345 e. The second kappa shape index (κ2) is 4.55. The molecule has 1 aromatic heterocycles. The number of halogens is 2. The van der Waals surface area contributed by atoms with E-state index in [1.165, 1.54) is 9.25 Å². The molecule has 0 spiro atoms. The van der Waals surface area contributed by atoms with Gasteiger partial charge in [-0.05, 0) is 24.6 Å². The van der Waals surface area contributed by atoms with E-state index in [0.29, 0.717) is 22.4 Å². The highest BCUT2D eigenvalue weighted by Crippen LogP contribution is 2.21. The molecule has 0 atom stereocenters. The molecule has 0 unspecified atom stereocenters. The zero-order chi connectivity index (χ0) is 12.6. The molecule has 17 heavy (non-hydrogen) atoms. The first-order valence-electron chi connectivity index (χ1n) is 5.03. The minimum absolute atomic E-state index is 0.159. The Morgan fingerprint density at radius 3 is 2.59 bits per heavy atom. The lowest BCUT2D eigenvalue weighted by Crippen LogP contribution is -2.23. The molecule has 2 aromatic rings. The molecule has 0 radical (unpaired) electrons. The van der Waals surface area contributed by atoms with Crippen LogP contribution < -0.4 is 5.69 Å². The van der Waals surface area contributed by atoms with E-state index in [0.717, 1.165) is 5.56 Å². The zero-order valence-electron chi connectivity index (χ0n) is 9.44. The molecule has 0 aliphatic heterocycles. The summed E-state index contributed by atoms with van der Waals surface area (Å²) in [5.74, 6) is 0.667. The fourth-order valence-electron chi connectivity index (χ4n) is 1.51. The van der Waals surface area contributed by atoms with Crippen molar-refractivity contribution in [2.24, 2.45) is 7.05 Å². The van der Waals surface area contributed by atoms with E-state index in [4.69, 9.17) is 23.2 Å². The normalized spacial score (nSPS) is 10.8. The quantitative estimate of drug-likeness (QED) is 0.841. The summed E-state index contributed by atoms with van der Waals surface area (Å²) in [7, 11) is 1.69. The zero-order valence-corrected chi connectivity index (χ0v) is 11.0. The van der Waals surface area contributed by atoms with Crippen molar-refractivity contribution in [3.05, 3.63) is 50.1 Å². The fourth-order valence-corrected chi connectivity index (χ4v) is 1.98. The minimum Gasteiger partial charge on any atom is -0.282 e. The summed E-state index contributed by atoms with van der Waals surface area (Å²) in [5.41, 5.74) is 0.657. The van der Waals surface area contributed by atoms with Gasteiger partial charge in [-0.2, -0.15) is 5.10 Å². The number of hydrogen-bond donors (Lipinski definition) is 0. The van der Waals surface area contributed by atoms with Crippen molar-refractivity contribution >= 4 is 23.2 Å². The van der Waals surface area contributed by atoms with Crippen molar-refractivity contribution < 1.29 is 0 Å². The van der Waals surface area contributed by atoms with Crippen molar-refractivity contribution in [3.8, 4) is 0 Å². The Balaban J connectivity index is 2.38. The number of rotatable bonds is 2. The molecule has 0 fully saturated rings. The fraction of sp³-hybridized carbons (Fsp3) is 0.273. The first-order chi connectivity index (χ1) is 7.99. The Hall–Kier alpha value is -1.26. The summed E-state index contributed by atoms with van der Waals surface area (Å²) in [6.45, 7) is 2.12. The lowest BCUT2D eigenvalue weighted by Gasteiger charge is -2.03. The standard InChI is InChI=1S/C11H11Cl2N3O/c1-7-14-16(11(17)15(7)2)6-8-3-4-9(12)5-10(8)13/h3-5H,6H2,1-2H3. The molecule has 90 valence electrons. The van der Waals surface area contributed by atoms with E-state index in [-0.39, 0.29) is 5.69 Å². The van der Waals surface area contributed by atoms with E-state index in [2.05, 4.69) is 5.10 Å². The van der Waals surface area contributed by atoms with Gasteiger partial charge in [-0.15, -0.1) is 0 Å². The topological polar surface area (TPSA) is 39.8 Å². The van der Waals surface area contributed by atoms with Crippen LogP contribution in [-0.4, -0.2) is 14.3 Å². The van der Waals surface area contributed by atoms with Gasteiger partial charge in [0.05, 0.1) is 6.54 Å². The Bertz CT molecular complexity index is 616. The van der Waals surface area contributed by atoms with E-state index in [9.17, 15) is 4.79 Å². The molecular weight excluding hydrogens is 261 g/mol. The average molecular weight is 272 g/mol. The van der Waals surface area contributed by atoms with Crippen LogP contribution in [0.1, 0.15) is 11.4 Å². The summed E-state index contributed by atoms with van der Waals surface area (Å²) in [4.78, 5) is 11.8. The van der Waals surface area contributed by atoms with Gasteiger partial charge >= 0.3 is 5.69 Å². The highest BCUT2D eigenvalue weighted by molar-refractivity contribution is 6.35. The molecular formula is C11H11Cl2N3O. The molecule has 1 aromatic carbocycles. The highest BCUT2D eigenvalue weighted by Gasteiger charge is 2.09. The summed E-state index contributed by atoms with van der Waals surface area (Å²) < 4.78 is 2.87. The Morgan fingerprint density at radius 2 is 2.06 bits per heavy atom. The van der Waals surface area contributed by atoms with Gasteiger partial charge in [0.15, 0.2) is 0 Å². The summed E-state index contributed by atoms with van der Waals surface area (Å²) in [6.07, 6.45) is 0. The average Bonchev–Trinajstić information content (AvgIpc) is 2.50. The molecule has 0 saturated heterocycles. The third kappa shape index (κ3) is 2.37. The molecule has 0 N–H and O–H groups in total. The van der Waals surface area contributed by atoms with Crippen LogP contribution in [-0.2, 0) is 13.6 Å². The summed E-state index contributed by atoms with van der Waals surface area (Å²) >= 11 is 11.9. The van der Waals surface area contributed by atoms with Gasteiger partial charge in [-0.1, -0.05) is 29.3 Å². The van der Waals surface area contributed by atoms with E-state index < -0.39 is 0 Å². The summed E-state index contributed by atoms with van der Waals surface area (Å²) in [6, 6.07) is 5.18. The second-order valence-electron chi connectivity index (χ2n) is 3.78. The predicted molar refractivity (Wildman–Crippen MR) is 67.8 cm³/mol. The van der Waals surface area contributed by atoms with Crippen LogP contribution in [0.5, 0.6) is 0 Å². The minimum atomic E-state index is -0.159. The van der Waals surface area contributed by atoms with Crippen LogP contribution in [0.4, 0.5) is 0 Å². The smallest absolute Gasteiger partial charge is 0.282 e. The molecule has 0 saturated carbocycles. The Labute approximate surface area is 108 Å². The number of benzene rings is 1. The lowest BCUT2D eigenvalue weighted by molar-refractivity contribution is 0.646. The van der Waals surface area contributed by atoms with Crippen LogP contribution in [0.2, 0.25) is 10.0 Å². The van der Waals surface area contributed by atoms with Gasteiger partial charge in [0.25, 0.3) is 0 Å². The van der Waals surface area contributed by atoms with E-state index in [1.54, 1.807) is 32.2 Å². The number of aryl methyl sites for hydroxylation is 1. The second-order valence-corrected chi connectivity index (χ2v) is 4.63. The van der Waals surface area contributed by atoms with Crippen LogP contribution in [0, 0.1) is 6.92 Å². The Morgan fingerprint density at radius 1 is 1.35 bits per heavy atom. The maximum Gasteiger partial charge on any atom is 0.345 e. The van der Waals surface area contributed by atoms with Crippen LogP contribution >= 0.6 is 23.2 Å². The maximum atomic E-state index is 11.8. The molecule has 0 amide bonds. The van der Waals surface area contributed by atoms with Crippen LogP contribution in [0.3, 0.4) is 0 Å². The number of hydrogen-bond acceptors (Lipinski definition) is 2. The van der Waals surface area contributed by atoms with Crippen LogP contribution in [0.15, 0.2) is 23.0 Å². The van der Waals surface area contributed by atoms with Crippen LogP contribution in [0.25, 0.3) is 0 Å². The molecule has 0 aliphatic rings. The van der Waals surface area contributed by atoms with Gasteiger partial charge in [0.2, 0.25) is 0 Å². The van der Waals surface area contributed by atoms with Crippen molar-refractivity contribution in [2.75, 3.05) is 0 Å². The molecule has 4 nitrogen and oxygen atoms in total. The SMILES string of the molecule is Cc1nn(Cc2ccc(Cl)cc2Cl)c(=O)n1C. The predicted octanol–water partition coefficient (Wildman–Crippen LogP) is 2.25. The molecule has 6 heteroatoms. The van der Waals surface area contributed by atoms with E-state index >= 15 is 0 Å². The first kappa shape index (κ1) is 12.2. The van der Waals surface area contributed by atoms with Crippen molar-refractivity contribution in [3.63, 3.8) is 0 Å². The highest BCUT2D eigenvalue weighted by atomic mass is 35.5. The molecule has 2 rings (SSSR count). The van der Waals surface area contributed by atoms with Gasteiger partial charge in [0, 0.05) is 17.1 Å². The molecule has 0 bridgehead atoms. The number of nitrogens with zero attached hydrogens (tertiary/aromatic N) is 3. The van der Waals surface area contributed by atoms with Crippen molar-refractivity contribution in [1.82, 2.24) is 14.3 Å². The van der Waals surface area contributed by atoms with Gasteiger partial charge in [-0.3, -0.25) is 4.57 Å². The van der Waals surface area contributed by atoms with Gasteiger partial charge < -0.3 is 0 Å². The Kier molecular flexibility index (Phi) is 3.26. The summed E-state index contributed by atoms with van der Waals surface area (Å²) in [5, 5.41) is 5.25. The van der Waals surface area contributed by atoms with Gasteiger partial charge in [0.1, 0.15) is 5.82 Å². The van der Waals surface area contributed by atoms with Gasteiger partial charge in [-0.25, -0.2) is 9.48 Å². The van der Waals surface area contributed by atoms with Crippen molar-refractivity contribution in [2.45, 2.75) is 13.5 Å². The third-order valence-corrected chi connectivity index (χ3v) is 3.18. The first-order valence-corrected chi connectivity index (χ1v) is 5.79. The molecule has 0 aliphatic carbocycles. The third-order valence-electron chi connectivity index (χ3n) is 2.59.